The van der Waals surface area contributed by atoms with Crippen molar-refractivity contribution in [3.05, 3.63) is 11.6 Å². The number of azo groups is 1. The molecule has 0 amide bonds. The molecule has 0 heterocycles. The third-order valence-electron chi connectivity index (χ3n) is 13.3. The van der Waals surface area contributed by atoms with Gasteiger partial charge in [-0.1, -0.05) is 54.5 Å². The Morgan fingerprint density at radius 1 is 0.923 bits per heavy atom. The topological polar surface area (TPSA) is 95.0 Å². The molecule has 0 aliphatic heterocycles. The maximum absolute atomic E-state index is 14.7. The van der Waals surface area contributed by atoms with E-state index in [1.54, 1.807) is 7.05 Å². The summed E-state index contributed by atoms with van der Waals surface area (Å²) in [5.74, 6) is 1.54. The molecule has 4 saturated carbocycles. The maximum Gasteiger partial charge on any atom is 0.178 e. The fourth-order valence-electron chi connectivity index (χ4n) is 11.2. The normalized spacial score (nSPS) is 46.9. The van der Waals surface area contributed by atoms with Crippen LogP contribution in [0.3, 0.4) is 0 Å². The quantitative estimate of drug-likeness (QED) is 0.200. The average Bonchev–Trinajstić information content (AvgIpc) is 2.86. The lowest BCUT2D eigenvalue weighted by atomic mass is 9.31. The summed E-state index contributed by atoms with van der Waals surface area (Å²) >= 11 is 0. The Kier molecular flexibility index (Phi) is 6.31. The number of hydrogen-bond donors (Lipinski definition) is 0. The molecular formula is C33H48N4O2. The van der Waals surface area contributed by atoms with Gasteiger partial charge in [0.15, 0.2) is 11.6 Å². The minimum Gasteiger partial charge on any atom is -0.299 e. The third kappa shape index (κ3) is 3.53. The number of nitrogens with zero attached hydrogens (tertiary/aromatic N) is 4. The molecule has 5 aliphatic carbocycles. The lowest BCUT2D eigenvalue weighted by molar-refractivity contribution is -0.215. The van der Waals surface area contributed by atoms with Crippen LogP contribution in [0.2, 0.25) is 0 Å². The summed E-state index contributed by atoms with van der Waals surface area (Å²) in [6.07, 6.45) is 9.50. The van der Waals surface area contributed by atoms with Crippen molar-refractivity contribution < 1.29 is 9.59 Å². The molecule has 6 heteroatoms. The fourth-order valence-corrected chi connectivity index (χ4v) is 11.2. The fraction of sp³-hybridized carbons (Fsp3) is 0.818. The number of fused-ring (bicyclic) bond motifs is 7. The second kappa shape index (κ2) is 8.67. The van der Waals surface area contributed by atoms with Gasteiger partial charge in [-0.15, -0.1) is 5.11 Å². The standard InChI is InChI=1S/C33H48N4O2/c1-28(2)12-14-33(27(35-8)37-36-9)15-13-32(7)25(21(33)18-28)22(38)16-24-30(5)17-20(19-34)26(39)29(3,4)23(30)10-11-31(24,32)6/h17,21,23-25H,10-16,18H2,1-9H3/b35-27-,37-36-/t21-,23-,24+,25-,30-,31+,32+,33-/m0/s1. The zero-order chi connectivity index (χ0) is 28.8. The number of Topliss-reactive ketones (excluding diaryl/α,β-unsaturated/α-hetero) is 2. The second-order valence-corrected chi connectivity index (χ2v) is 15.7. The zero-order valence-electron chi connectivity index (χ0n) is 25.6. The van der Waals surface area contributed by atoms with Crippen molar-refractivity contribution in [3.8, 4) is 6.07 Å². The van der Waals surface area contributed by atoms with E-state index < -0.39 is 5.41 Å². The van der Waals surface area contributed by atoms with E-state index in [1.807, 2.05) is 27.0 Å². The van der Waals surface area contributed by atoms with Crippen LogP contribution in [-0.4, -0.2) is 31.5 Å². The molecule has 0 aromatic carbocycles. The molecule has 0 bridgehead atoms. The van der Waals surface area contributed by atoms with Crippen LogP contribution in [-0.2, 0) is 9.59 Å². The first-order chi connectivity index (χ1) is 18.1. The Balaban J connectivity index is 1.66. The monoisotopic (exact) mass is 532 g/mol. The van der Waals surface area contributed by atoms with Crippen molar-refractivity contribution in [2.24, 2.45) is 71.4 Å². The van der Waals surface area contributed by atoms with Gasteiger partial charge in [0.25, 0.3) is 0 Å². The average molecular weight is 533 g/mol. The first-order valence-electron chi connectivity index (χ1n) is 15.1. The molecule has 5 aliphatic rings. The summed E-state index contributed by atoms with van der Waals surface area (Å²) in [6, 6.07) is 2.23. The molecule has 0 aromatic heterocycles. The Bertz CT molecular complexity index is 1240. The van der Waals surface area contributed by atoms with Crippen molar-refractivity contribution in [2.75, 3.05) is 14.1 Å². The first-order valence-corrected chi connectivity index (χ1v) is 15.1. The van der Waals surface area contributed by atoms with Gasteiger partial charge in [-0.25, -0.2) is 0 Å². The molecule has 6 nitrogen and oxygen atoms in total. The summed E-state index contributed by atoms with van der Waals surface area (Å²) < 4.78 is 0. The molecule has 0 unspecified atom stereocenters. The van der Waals surface area contributed by atoms with Gasteiger partial charge in [0.1, 0.15) is 11.9 Å². The smallest absolute Gasteiger partial charge is 0.178 e. The largest absolute Gasteiger partial charge is 0.299 e. The van der Waals surface area contributed by atoms with E-state index in [9.17, 15) is 14.9 Å². The van der Waals surface area contributed by atoms with Crippen LogP contribution in [0.25, 0.3) is 0 Å². The van der Waals surface area contributed by atoms with Crippen molar-refractivity contribution in [3.63, 3.8) is 0 Å². The summed E-state index contributed by atoms with van der Waals surface area (Å²) in [4.78, 5) is 32.6. The highest BCUT2D eigenvalue weighted by Crippen LogP contribution is 2.76. The number of hydrogen-bond acceptors (Lipinski definition) is 5. The van der Waals surface area contributed by atoms with E-state index in [1.165, 1.54) is 0 Å². The summed E-state index contributed by atoms with van der Waals surface area (Å²) in [7, 11) is 3.54. The predicted molar refractivity (Wildman–Crippen MR) is 153 cm³/mol. The van der Waals surface area contributed by atoms with Crippen LogP contribution >= 0.6 is 0 Å². The molecule has 0 radical (unpaired) electrons. The molecule has 0 saturated heterocycles. The molecule has 39 heavy (non-hydrogen) atoms. The van der Waals surface area contributed by atoms with E-state index in [2.05, 4.69) is 55.9 Å². The highest BCUT2D eigenvalue weighted by Gasteiger charge is 2.72. The van der Waals surface area contributed by atoms with E-state index >= 15 is 0 Å². The van der Waals surface area contributed by atoms with Crippen LogP contribution in [0.4, 0.5) is 0 Å². The summed E-state index contributed by atoms with van der Waals surface area (Å²) in [6.45, 7) is 15.9. The number of nitriles is 1. The lowest BCUT2D eigenvalue weighted by Crippen LogP contribution is -2.69. The molecule has 4 fully saturated rings. The van der Waals surface area contributed by atoms with Crippen molar-refractivity contribution >= 4 is 17.4 Å². The Morgan fingerprint density at radius 3 is 2.21 bits per heavy atom. The van der Waals surface area contributed by atoms with E-state index in [4.69, 9.17) is 0 Å². The van der Waals surface area contributed by atoms with Gasteiger partial charge < -0.3 is 0 Å². The second-order valence-electron chi connectivity index (χ2n) is 15.7. The molecule has 0 N–H and O–H groups in total. The maximum atomic E-state index is 14.7. The number of aliphatic imine (C=N–C) groups is 1. The SMILES string of the molecule is C/N=N\C(=N/C)[C@]12CCC(C)(C)C[C@H]1[C@H]1C(=O)C[C@@H]3[C@@]4(C)C=C(C#N)C(=O)C(C)(C)[C@@H]4CC[C@@]3(C)[C@]1(C)CC2. The van der Waals surface area contributed by atoms with Gasteiger partial charge in [-0.05, 0) is 84.4 Å². The Labute approximate surface area is 235 Å². The van der Waals surface area contributed by atoms with Gasteiger partial charge in [0.05, 0.1) is 5.57 Å². The van der Waals surface area contributed by atoms with Gasteiger partial charge >= 0.3 is 0 Å². The minimum absolute atomic E-state index is 0.0364. The molecule has 5 rings (SSSR count). The first kappa shape index (κ1) is 28.4. The molecule has 8 atom stereocenters. The molecule has 0 aromatic rings. The van der Waals surface area contributed by atoms with E-state index in [0.29, 0.717) is 12.2 Å². The van der Waals surface area contributed by atoms with Gasteiger partial charge in [0.2, 0.25) is 0 Å². The zero-order valence-corrected chi connectivity index (χ0v) is 25.6. The van der Waals surface area contributed by atoms with Crippen molar-refractivity contribution in [1.82, 2.24) is 0 Å². The number of carbonyl (C=O) groups is 2. The van der Waals surface area contributed by atoms with Crippen molar-refractivity contribution in [2.45, 2.75) is 99.8 Å². The number of amidine groups is 1. The third-order valence-corrected chi connectivity index (χ3v) is 13.3. The summed E-state index contributed by atoms with van der Waals surface area (Å²) in [5.41, 5.74) is -0.983. The summed E-state index contributed by atoms with van der Waals surface area (Å²) in [5, 5.41) is 18.7. The van der Waals surface area contributed by atoms with Gasteiger partial charge in [-0.3, -0.25) is 14.6 Å². The highest BCUT2D eigenvalue weighted by atomic mass is 16.1. The molecule has 0 spiro atoms. The number of carbonyl (C=O) groups excluding carboxylic acids is 2. The van der Waals surface area contributed by atoms with Crippen LogP contribution in [0.15, 0.2) is 26.9 Å². The number of ketones is 2. The number of rotatable bonds is 1. The van der Waals surface area contributed by atoms with E-state index in [-0.39, 0.29) is 62.1 Å². The highest BCUT2D eigenvalue weighted by molar-refractivity contribution is 6.04. The van der Waals surface area contributed by atoms with Gasteiger partial charge in [-0.2, -0.15) is 10.4 Å². The van der Waals surface area contributed by atoms with Crippen LogP contribution in [0.1, 0.15) is 99.8 Å². The van der Waals surface area contributed by atoms with Crippen LogP contribution in [0.5, 0.6) is 0 Å². The van der Waals surface area contributed by atoms with Crippen molar-refractivity contribution in [1.29, 1.82) is 5.26 Å². The van der Waals surface area contributed by atoms with Crippen LogP contribution < -0.4 is 0 Å². The van der Waals surface area contributed by atoms with Gasteiger partial charge in [0, 0.05) is 37.3 Å². The molecular weight excluding hydrogens is 484 g/mol. The van der Waals surface area contributed by atoms with E-state index in [0.717, 1.165) is 50.8 Å². The molecule has 212 valence electrons. The Morgan fingerprint density at radius 2 is 1.59 bits per heavy atom. The van der Waals surface area contributed by atoms with Crippen LogP contribution in [0, 0.1) is 67.5 Å². The lowest BCUT2D eigenvalue weighted by Gasteiger charge is -2.71. The number of allylic oxidation sites excluding steroid dienone is 2. The predicted octanol–water partition coefficient (Wildman–Crippen LogP) is 7.40. The Hall–Kier alpha value is -2.16. The minimum atomic E-state index is -0.608.